The number of methoxy groups -OCH3 is 1. The molecule has 27 heavy (non-hydrogen) atoms. The number of ketones is 1. The summed E-state index contributed by atoms with van der Waals surface area (Å²) < 4.78 is 12.6. The number of hydrogen-bond donors (Lipinski definition) is 1. The van der Waals surface area contributed by atoms with E-state index in [0.717, 1.165) is 23.4 Å². The highest BCUT2D eigenvalue weighted by Gasteiger charge is 2.40. The van der Waals surface area contributed by atoms with Gasteiger partial charge in [-0.05, 0) is 42.2 Å². The number of benzene rings is 1. The molecule has 0 spiro atoms. The maximum atomic E-state index is 13.1. The van der Waals surface area contributed by atoms with Crippen molar-refractivity contribution in [1.29, 1.82) is 0 Å². The molecular weight excluding hydrogens is 344 g/mol. The Labute approximate surface area is 155 Å². The molecule has 3 heterocycles. The average Bonchev–Trinajstić information content (AvgIpc) is 3.38. The summed E-state index contributed by atoms with van der Waals surface area (Å²) in [6.45, 7) is 0. The van der Waals surface area contributed by atoms with E-state index in [1.807, 2.05) is 36.4 Å². The van der Waals surface area contributed by atoms with Crippen LogP contribution in [0.25, 0.3) is 0 Å². The third kappa shape index (κ3) is 2.54. The van der Waals surface area contributed by atoms with Gasteiger partial charge < -0.3 is 14.5 Å². The van der Waals surface area contributed by atoms with Crippen molar-refractivity contribution in [2.75, 3.05) is 12.4 Å². The van der Waals surface area contributed by atoms with Gasteiger partial charge in [0, 0.05) is 17.7 Å². The van der Waals surface area contributed by atoms with E-state index in [4.69, 9.17) is 9.15 Å². The first-order valence-corrected chi connectivity index (χ1v) is 8.84. The van der Waals surface area contributed by atoms with E-state index in [1.165, 1.54) is 6.33 Å². The molecule has 1 aliphatic carbocycles. The first kappa shape index (κ1) is 15.9. The SMILES string of the molecule is COc1ccc([C@H]2CC(=O)C3=C(C2)Nc2ncnn2[C@H]3c2ccco2)cc1. The van der Waals surface area contributed by atoms with Gasteiger partial charge in [-0.3, -0.25) is 4.79 Å². The molecule has 7 heteroatoms. The normalized spacial score (nSPS) is 21.4. The number of furan rings is 1. The minimum absolute atomic E-state index is 0.104. The number of ether oxygens (including phenoxy) is 1. The van der Waals surface area contributed by atoms with Gasteiger partial charge in [0.05, 0.1) is 13.4 Å². The van der Waals surface area contributed by atoms with Gasteiger partial charge in [0.2, 0.25) is 5.95 Å². The van der Waals surface area contributed by atoms with E-state index in [2.05, 4.69) is 15.4 Å². The standard InChI is InChI=1S/C20H18N4O3/c1-26-14-6-4-12(5-7-14)13-9-15-18(16(25)10-13)19(17-3-2-8-27-17)24-20(23-15)21-11-22-24/h2-8,11,13,19H,9-10H2,1H3,(H,21,22,23)/t13-,19+/m1/s1. The van der Waals surface area contributed by atoms with Crippen LogP contribution in [0.2, 0.25) is 0 Å². The predicted molar refractivity (Wildman–Crippen MR) is 97.5 cm³/mol. The van der Waals surface area contributed by atoms with Crippen LogP contribution in [0.1, 0.15) is 36.1 Å². The summed E-state index contributed by atoms with van der Waals surface area (Å²) in [4.78, 5) is 17.4. The van der Waals surface area contributed by atoms with Crippen LogP contribution in [0.5, 0.6) is 5.75 Å². The van der Waals surface area contributed by atoms with Crippen LogP contribution >= 0.6 is 0 Å². The number of aromatic nitrogens is 3. The second-order valence-corrected chi connectivity index (χ2v) is 6.76. The zero-order valence-corrected chi connectivity index (χ0v) is 14.8. The van der Waals surface area contributed by atoms with Crippen molar-refractivity contribution in [2.24, 2.45) is 0 Å². The van der Waals surface area contributed by atoms with E-state index >= 15 is 0 Å². The molecule has 0 saturated carbocycles. The Kier molecular flexibility index (Phi) is 3.60. The Bertz CT molecular complexity index is 1020. The molecular formula is C20H18N4O3. The van der Waals surface area contributed by atoms with Crippen molar-refractivity contribution < 1.29 is 13.9 Å². The molecule has 7 nitrogen and oxygen atoms in total. The van der Waals surface area contributed by atoms with E-state index in [1.54, 1.807) is 18.1 Å². The van der Waals surface area contributed by atoms with E-state index in [0.29, 0.717) is 23.7 Å². The number of nitrogens with one attached hydrogen (secondary N) is 1. The molecule has 0 unspecified atom stereocenters. The van der Waals surface area contributed by atoms with Gasteiger partial charge in [0.25, 0.3) is 0 Å². The highest BCUT2D eigenvalue weighted by atomic mass is 16.5. The van der Waals surface area contributed by atoms with Crippen molar-refractivity contribution in [1.82, 2.24) is 14.8 Å². The van der Waals surface area contributed by atoms with Gasteiger partial charge in [-0.25, -0.2) is 4.68 Å². The van der Waals surface area contributed by atoms with Crippen molar-refractivity contribution in [3.05, 3.63) is 71.6 Å². The summed E-state index contributed by atoms with van der Waals surface area (Å²) in [6.07, 6.45) is 4.29. The molecule has 2 aromatic heterocycles. The number of anilines is 1. The number of allylic oxidation sites excluding steroid dienone is 2. The number of carbonyl (C=O) groups excluding carboxylic acids is 1. The van der Waals surface area contributed by atoms with Crippen molar-refractivity contribution in [2.45, 2.75) is 24.8 Å². The van der Waals surface area contributed by atoms with Gasteiger partial charge in [0.15, 0.2) is 5.78 Å². The smallest absolute Gasteiger partial charge is 0.226 e. The van der Waals surface area contributed by atoms with Crippen molar-refractivity contribution >= 4 is 11.7 Å². The molecule has 3 aromatic rings. The molecule has 0 bridgehead atoms. The minimum atomic E-state index is -0.377. The molecule has 1 aromatic carbocycles. The first-order valence-electron chi connectivity index (χ1n) is 8.84. The highest BCUT2D eigenvalue weighted by Crippen LogP contribution is 2.43. The van der Waals surface area contributed by atoms with Gasteiger partial charge in [-0.1, -0.05) is 12.1 Å². The summed E-state index contributed by atoms with van der Waals surface area (Å²) in [5.74, 6) is 2.33. The fourth-order valence-corrected chi connectivity index (χ4v) is 3.97. The average molecular weight is 362 g/mol. The van der Waals surface area contributed by atoms with Crippen LogP contribution in [0, 0.1) is 0 Å². The van der Waals surface area contributed by atoms with Crippen LogP contribution in [-0.2, 0) is 4.79 Å². The van der Waals surface area contributed by atoms with Gasteiger partial charge in [-0.15, -0.1) is 0 Å². The zero-order chi connectivity index (χ0) is 18.4. The van der Waals surface area contributed by atoms with Crippen LogP contribution in [0.15, 0.2) is 64.7 Å². The lowest BCUT2D eigenvalue weighted by molar-refractivity contribution is -0.116. The van der Waals surface area contributed by atoms with Gasteiger partial charge in [-0.2, -0.15) is 10.1 Å². The van der Waals surface area contributed by atoms with Crippen molar-refractivity contribution in [3.63, 3.8) is 0 Å². The Morgan fingerprint density at radius 1 is 1.22 bits per heavy atom. The molecule has 5 rings (SSSR count). The lowest BCUT2D eigenvalue weighted by Gasteiger charge is -2.34. The Balaban J connectivity index is 1.54. The van der Waals surface area contributed by atoms with Gasteiger partial charge in [0.1, 0.15) is 23.9 Å². The molecule has 1 N–H and O–H groups in total. The molecule has 0 radical (unpaired) electrons. The van der Waals surface area contributed by atoms with Crippen LogP contribution in [-0.4, -0.2) is 27.7 Å². The largest absolute Gasteiger partial charge is 0.497 e. The summed E-state index contributed by atoms with van der Waals surface area (Å²) >= 11 is 0. The van der Waals surface area contributed by atoms with Crippen molar-refractivity contribution in [3.8, 4) is 5.75 Å². The second-order valence-electron chi connectivity index (χ2n) is 6.76. The third-order valence-corrected chi connectivity index (χ3v) is 5.26. The molecule has 2 aliphatic rings. The first-order chi connectivity index (χ1) is 13.2. The monoisotopic (exact) mass is 362 g/mol. The molecule has 0 saturated heterocycles. The van der Waals surface area contributed by atoms with Gasteiger partial charge >= 0.3 is 0 Å². The maximum absolute atomic E-state index is 13.1. The quantitative estimate of drug-likeness (QED) is 0.770. The number of rotatable bonds is 3. The Morgan fingerprint density at radius 3 is 2.81 bits per heavy atom. The number of fused-ring (bicyclic) bond motifs is 1. The third-order valence-electron chi connectivity index (χ3n) is 5.26. The molecule has 1 aliphatic heterocycles. The summed E-state index contributed by atoms with van der Waals surface area (Å²) in [5.41, 5.74) is 2.74. The van der Waals surface area contributed by atoms with E-state index in [9.17, 15) is 4.79 Å². The number of carbonyl (C=O) groups is 1. The lowest BCUT2D eigenvalue weighted by atomic mass is 9.78. The highest BCUT2D eigenvalue weighted by molar-refractivity contribution is 6.00. The topological polar surface area (TPSA) is 82.2 Å². The minimum Gasteiger partial charge on any atom is -0.497 e. The molecule has 2 atom stereocenters. The lowest BCUT2D eigenvalue weighted by Crippen LogP contribution is -2.33. The summed E-state index contributed by atoms with van der Waals surface area (Å²) in [5, 5.41) is 7.60. The molecule has 0 amide bonds. The Hall–Kier alpha value is -3.35. The second kappa shape index (κ2) is 6.12. The summed E-state index contributed by atoms with van der Waals surface area (Å²) in [6, 6.07) is 11.2. The number of hydrogen-bond acceptors (Lipinski definition) is 6. The number of Topliss-reactive ketones (excluding diaryl/α,β-unsaturated/α-hetero) is 1. The van der Waals surface area contributed by atoms with E-state index < -0.39 is 0 Å². The maximum Gasteiger partial charge on any atom is 0.226 e. The van der Waals surface area contributed by atoms with Crippen LogP contribution in [0.3, 0.4) is 0 Å². The van der Waals surface area contributed by atoms with Crippen LogP contribution < -0.4 is 10.1 Å². The molecule has 136 valence electrons. The predicted octanol–water partition coefficient (Wildman–Crippen LogP) is 3.30. The van der Waals surface area contributed by atoms with E-state index in [-0.39, 0.29) is 17.7 Å². The van der Waals surface area contributed by atoms with Crippen LogP contribution in [0.4, 0.5) is 5.95 Å². The number of nitrogens with zero attached hydrogens (tertiary/aromatic N) is 3. The molecule has 0 fully saturated rings. The Morgan fingerprint density at radius 2 is 2.07 bits per heavy atom. The zero-order valence-electron chi connectivity index (χ0n) is 14.8. The summed E-state index contributed by atoms with van der Waals surface area (Å²) in [7, 11) is 1.65. The fraction of sp³-hybridized carbons (Fsp3) is 0.250. The fourth-order valence-electron chi connectivity index (χ4n) is 3.97.